The Balaban J connectivity index is 1.36. The molecule has 4 atom stereocenters. The Morgan fingerprint density at radius 2 is 1.90 bits per heavy atom. The number of alkyl halides is 1. The minimum absolute atomic E-state index is 0.0275. The number of H-pyrrole nitrogens is 1. The first kappa shape index (κ1) is 30.2. The summed E-state index contributed by atoms with van der Waals surface area (Å²) in [5.74, 6) is -1.34. The Bertz CT molecular complexity index is 1440. The number of fused-ring (bicyclic) bond motifs is 3. The van der Waals surface area contributed by atoms with E-state index in [9.17, 15) is 4.79 Å². The summed E-state index contributed by atoms with van der Waals surface area (Å²) < 4.78 is 53.0. The highest BCUT2D eigenvalue weighted by Crippen LogP contribution is 2.44. The number of carbonyl (C=O) groups is 1. The van der Waals surface area contributed by atoms with Gasteiger partial charge in [-0.15, -0.1) is 0 Å². The smallest absolute Gasteiger partial charge is 0.245 e. The number of halogens is 3. The molecule has 1 amide bonds. The van der Waals surface area contributed by atoms with Crippen molar-refractivity contribution in [3.63, 3.8) is 0 Å². The van der Waals surface area contributed by atoms with Crippen molar-refractivity contribution in [1.29, 1.82) is 0 Å². The van der Waals surface area contributed by atoms with Gasteiger partial charge in [0.25, 0.3) is 0 Å². The topological polar surface area (TPSA) is 60.6 Å². The number of ether oxygens (including phenoxy) is 1. The van der Waals surface area contributed by atoms with Crippen molar-refractivity contribution >= 4 is 16.8 Å². The number of amides is 1. The highest BCUT2D eigenvalue weighted by molar-refractivity contribution is 5.87. The summed E-state index contributed by atoms with van der Waals surface area (Å²) in [6.45, 7) is 5.54. The van der Waals surface area contributed by atoms with Crippen LogP contribution in [0.25, 0.3) is 10.9 Å². The first-order valence-corrected chi connectivity index (χ1v) is 14.7. The molecule has 0 unspecified atom stereocenters. The number of aromatic nitrogens is 1. The van der Waals surface area contributed by atoms with Gasteiger partial charge in [0.15, 0.2) is 0 Å². The molecular weight excluding hydrogens is 541 g/mol. The van der Waals surface area contributed by atoms with E-state index in [1.165, 1.54) is 37.0 Å². The molecule has 2 N–H and O–H groups in total. The number of para-hydroxylation sites is 1. The molecule has 1 aliphatic heterocycles. The summed E-state index contributed by atoms with van der Waals surface area (Å²) in [6, 6.07) is 9.59. The van der Waals surface area contributed by atoms with Gasteiger partial charge in [-0.05, 0) is 58.1 Å². The van der Waals surface area contributed by atoms with Crippen molar-refractivity contribution in [2.45, 2.75) is 76.4 Å². The molecule has 42 heavy (non-hydrogen) atoms. The summed E-state index contributed by atoms with van der Waals surface area (Å²) in [6.07, 6.45) is 6.09. The molecule has 226 valence electrons. The van der Waals surface area contributed by atoms with E-state index < -0.39 is 23.3 Å². The number of nitrogens with zero attached hydrogens (tertiary/aromatic N) is 2. The fourth-order valence-corrected chi connectivity index (χ4v) is 6.36. The molecular formula is C33H41F3N4O2. The molecule has 0 saturated heterocycles. The van der Waals surface area contributed by atoms with Crippen molar-refractivity contribution in [1.82, 2.24) is 20.1 Å². The van der Waals surface area contributed by atoms with E-state index in [0.29, 0.717) is 25.1 Å². The van der Waals surface area contributed by atoms with E-state index in [1.54, 1.807) is 20.2 Å². The van der Waals surface area contributed by atoms with Gasteiger partial charge in [-0.3, -0.25) is 9.69 Å². The maximum absolute atomic E-state index is 16.0. The van der Waals surface area contributed by atoms with E-state index in [4.69, 9.17) is 4.74 Å². The number of hydrogen-bond acceptors (Lipinski definition) is 4. The zero-order chi connectivity index (χ0) is 30.2. The second-order valence-corrected chi connectivity index (χ2v) is 12.5. The Labute approximate surface area is 245 Å². The largest absolute Gasteiger partial charge is 0.490 e. The molecule has 2 aliphatic rings. The van der Waals surface area contributed by atoms with Gasteiger partial charge in [-0.1, -0.05) is 24.3 Å². The van der Waals surface area contributed by atoms with Crippen LogP contribution in [0, 0.1) is 11.6 Å². The van der Waals surface area contributed by atoms with Crippen LogP contribution in [-0.2, 0) is 11.2 Å². The van der Waals surface area contributed by atoms with Crippen LogP contribution in [0.15, 0.2) is 48.6 Å². The molecule has 6 nitrogen and oxygen atoms in total. The lowest BCUT2D eigenvalue weighted by molar-refractivity contribution is -0.123. The predicted octanol–water partition coefficient (Wildman–Crippen LogP) is 6.06. The summed E-state index contributed by atoms with van der Waals surface area (Å²) in [5.41, 5.74) is 0.954. The van der Waals surface area contributed by atoms with Crippen molar-refractivity contribution in [2.75, 3.05) is 27.2 Å². The van der Waals surface area contributed by atoms with Crippen molar-refractivity contribution in [3.8, 4) is 5.75 Å². The number of hydrogen-bond donors (Lipinski definition) is 2. The van der Waals surface area contributed by atoms with Crippen LogP contribution in [0.5, 0.6) is 5.75 Å². The van der Waals surface area contributed by atoms with Crippen LogP contribution < -0.4 is 10.1 Å². The van der Waals surface area contributed by atoms with Crippen molar-refractivity contribution < 1.29 is 22.7 Å². The predicted molar refractivity (Wildman–Crippen MR) is 159 cm³/mol. The molecule has 1 fully saturated rings. The van der Waals surface area contributed by atoms with Crippen LogP contribution >= 0.6 is 0 Å². The monoisotopic (exact) mass is 582 g/mol. The van der Waals surface area contributed by atoms with Gasteiger partial charge in [-0.25, -0.2) is 13.2 Å². The second-order valence-electron chi connectivity index (χ2n) is 12.5. The van der Waals surface area contributed by atoms with Gasteiger partial charge >= 0.3 is 0 Å². The lowest BCUT2D eigenvalue weighted by atomic mass is 9.87. The molecule has 1 saturated carbocycles. The van der Waals surface area contributed by atoms with E-state index in [-0.39, 0.29) is 42.0 Å². The molecule has 0 spiro atoms. The summed E-state index contributed by atoms with van der Waals surface area (Å²) in [5, 5.41) is 4.41. The van der Waals surface area contributed by atoms with E-state index >= 15 is 13.2 Å². The average Bonchev–Trinajstić information content (AvgIpc) is 3.51. The average molecular weight is 583 g/mol. The Hall–Kier alpha value is -3.30. The first-order valence-electron chi connectivity index (χ1n) is 14.7. The molecule has 1 aliphatic carbocycles. The maximum Gasteiger partial charge on any atom is 0.245 e. The van der Waals surface area contributed by atoms with Crippen molar-refractivity contribution in [2.24, 2.45) is 0 Å². The molecule has 0 radical (unpaired) electrons. The molecule has 9 heteroatoms. The minimum atomic E-state index is -1.56. The molecule has 2 heterocycles. The quantitative estimate of drug-likeness (QED) is 0.301. The SMILES string of the molecule is C[C@@H]1Cc2c([nH]c3ccccc23)[C@@H](c2c(F)cc(O[C@@H]3CC[C@H](NC/C=C/C(=O)N(C)C)C3)cc2F)N1CC(C)(C)F. The van der Waals surface area contributed by atoms with E-state index in [0.717, 1.165) is 29.3 Å². The number of aromatic amines is 1. The molecule has 0 bridgehead atoms. The number of nitrogens with one attached hydrogen (secondary N) is 2. The summed E-state index contributed by atoms with van der Waals surface area (Å²) in [7, 11) is 3.40. The van der Waals surface area contributed by atoms with Crippen LogP contribution in [0.2, 0.25) is 0 Å². The third kappa shape index (κ3) is 6.52. The lowest BCUT2D eigenvalue weighted by Crippen LogP contribution is -2.48. The second kappa shape index (κ2) is 12.1. The standard InChI is InChI=1S/C33H41F3N4O2/c1-20-15-25-24-9-6-7-10-28(24)38-31(25)32(40(20)19-33(2,3)36)30-26(34)17-23(18-27(30)35)42-22-13-12-21(16-22)37-14-8-11-29(41)39(4)5/h6-11,17-18,20-22,32,37-38H,12-16,19H2,1-5H3/b11-8+/t20-,21+,22-,32-/m1/s1. The summed E-state index contributed by atoms with van der Waals surface area (Å²) in [4.78, 5) is 18.5. The third-order valence-corrected chi connectivity index (χ3v) is 8.31. The van der Waals surface area contributed by atoms with Gasteiger partial charge in [0, 0.05) is 79.6 Å². The van der Waals surface area contributed by atoms with Crippen LogP contribution in [0.4, 0.5) is 13.2 Å². The van der Waals surface area contributed by atoms with E-state index in [1.807, 2.05) is 36.1 Å². The van der Waals surface area contributed by atoms with Crippen molar-refractivity contribution in [3.05, 3.63) is 77.0 Å². The Morgan fingerprint density at radius 1 is 1.19 bits per heavy atom. The van der Waals surface area contributed by atoms with Gasteiger partial charge in [0.1, 0.15) is 29.2 Å². The number of carbonyl (C=O) groups excluding carboxylic acids is 1. The Morgan fingerprint density at radius 3 is 2.60 bits per heavy atom. The van der Waals surface area contributed by atoms with Gasteiger partial charge in [0.05, 0.1) is 6.04 Å². The molecule has 1 aromatic heterocycles. The van der Waals surface area contributed by atoms with Gasteiger partial charge in [-0.2, -0.15) is 0 Å². The first-order chi connectivity index (χ1) is 19.9. The normalized spacial score (nSPS) is 23.0. The fourth-order valence-electron chi connectivity index (χ4n) is 6.36. The van der Waals surface area contributed by atoms with Gasteiger partial charge < -0.3 is 19.9 Å². The summed E-state index contributed by atoms with van der Waals surface area (Å²) >= 11 is 0. The molecule has 3 aromatic rings. The molecule has 5 rings (SSSR count). The lowest BCUT2D eigenvalue weighted by Gasteiger charge is -2.43. The number of rotatable bonds is 9. The van der Waals surface area contributed by atoms with E-state index in [2.05, 4.69) is 10.3 Å². The zero-order valence-electron chi connectivity index (χ0n) is 25.0. The van der Waals surface area contributed by atoms with Gasteiger partial charge in [0.2, 0.25) is 5.91 Å². The molecule has 2 aromatic carbocycles. The highest BCUT2D eigenvalue weighted by Gasteiger charge is 2.41. The third-order valence-electron chi connectivity index (χ3n) is 8.31. The highest BCUT2D eigenvalue weighted by atomic mass is 19.1. The van der Waals surface area contributed by atoms with Crippen LogP contribution in [0.3, 0.4) is 0 Å². The Kier molecular flexibility index (Phi) is 8.71. The van der Waals surface area contributed by atoms with Crippen LogP contribution in [0.1, 0.15) is 62.9 Å². The number of likely N-dealkylation sites (N-methyl/N-ethyl adjacent to an activating group) is 1. The van der Waals surface area contributed by atoms with Crippen LogP contribution in [-0.4, -0.2) is 71.7 Å². The number of benzene rings is 2. The fraction of sp³-hybridized carbons (Fsp3) is 0.485. The maximum atomic E-state index is 16.0. The minimum Gasteiger partial charge on any atom is -0.490 e. The zero-order valence-corrected chi connectivity index (χ0v) is 25.0.